The van der Waals surface area contributed by atoms with Crippen molar-refractivity contribution in [2.45, 2.75) is 25.2 Å². The van der Waals surface area contributed by atoms with Crippen LogP contribution in [0.4, 0.5) is 5.82 Å². The molecule has 0 bridgehead atoms. The Bertz CT molecular complexity index is 1240. The molecule has 1 saturated heterocycles. The van der Waals surface area contributed by atoms with Gasteiger partial charge in [0.1, 0.15) is 5.82 Å². The molecule has 3 aromatic rings. The van der Waals surface area contributed by atoms with E-state index in [0.29, 0.717) is 49.0 Å². The van der Waals surface area contributed by atoms with Crippen molar-refractivity contribution in [2.24, 2.45) is 0 Å². The van der Waals surface area contributed by atoms with E-state index in [1.54, 1.807) is 16.4 Å². The van der Waals surface area contributed by atoms with Crippen LogP contribution >= 0.6 is 0 Å². The highest BCUT2D eigenvalue weighted by atomic mass is 32.2. The molecule has 0 unspecified atom stereocenters. The first-order chi connectivity index (χ1) is 14.9. The van der Waals surface area contributed by atoms with Gasteiger partial charge in [-0.2, -0.15) is 8.99 Å². The van der Waals surface area contributed by atoms with Gasteiger partial charge in [0.05, 0.1) is 10.6 Å². The number of hydrogen-bond acceptors (Lipinski definition) is 5. The number of rotatable bonds is 4. The van der Waals surface area contributed by atoms with Gasteiger partial charge >= 0.3 is 0 Å². The molecule has 1 aromatic heterocycles. The minimum atomic E-state index is -3.57. The van der Waals surface area contributed by atoms with Crippen LogP contribution in [0.15, 0.2) is 70.4 Å². The third kappa shape index (κ3) is 4.40. The van der Waals surface area contributed by atoms with Crippen LogP contribution in [0.2, 0.25) is 0 Å². The molecule has 2 aromatic carbocycles. The van der Waals surface area contributed by atoms with Crippen molar-refractivity contribution in [1.29, 1.82) is 0 Å². The predicted octanol–water partition coefficient (Wildman–Crippen LogP) is 2.75. The number of para-hydroxylation sites is 1. The number of aryl methyl sites for hydroxylation is 2. The van der Waals surface area contributed by atoms with Crippen molar-refractivity contribution < 1.29 is 8.42 Å². The van der Waals surface area contributed by atoms with Crippen LogP contribution in [0.3, 0.4) is 0 Å². The summed E-state index contributed by atoms with van der Waals surface area (Å²) in [6, 6.07) is 18.0. The lowest BCUT2D eigenvalue weighted by Crippen LogP contribution is -2.36. The molecule has 0 saturated carbocycles. The second kappa shape index (κ2) is 8.64. The van der Waals surface area contributed by atoms with Crippen molar-refractivity contribution in [3.8, 4) is 5.69 Å². The van der Waals surface area contributed by atoms with Crippen molar-refractivity contribution in [2.75, 3.05) is 31.1 Å². The van der Waals surface area contributed by atoms with E-state index in [1.165, 1.54) is 10.7 Å². The summed E-state index contributed by atoms with van der Waals surface area (Å²) >= 11 is 0. The normalized spacial score (nSPS) is 15.6. The number of anilines is 1. The van der Waals surface area contributed by atoms with E-state index in [9.17, 15) is 13.2 Å². The smallest absolute Gasteiger partial charge is 0.271 e. The van der Waals surface area contributed by atoms with Crippen LogP contribution in [0, 0.1) is 13.8 Å². The molecule has 8 heteroatoms. The molecule has 0 radical (unpaired) electrons. The van der Waals surface area contributed by atoms with Crippen molar-refractivity contribution in [1.82, 2.24) is 14.1 Å². The maximum absolute atomic E-state index is 13.3. The summed E-state index contributed by atoms with van der Waals surface area (Å²) in [6.07, 6.45) is 0.677. The summed E-state index contributed by atoms with van der Waals surface area (Å²) in [5.41, 5.74) is 2.17. The Morgan fingerprint density at radius 2 is 1.65 bits per heavy atom. The van der Waals surface area contributed by atoms with E-state index in [1.807, 2.05) is 61.2 Å². The maximum Gasteiger partial charge on any atom is 0.271 e. The minimum absolute atomic E-state index is 0.205. The standard InChI is InChI=1S/C23H26N4O3S/c1-18-9-10-19(2)21(17-18)31(29,30)26-14-6-13-25(15-16-26)22-11-12-23(28)27(24-22)20-7-4-3-5-8-20/h3-5,7-12,17H,6,13-16H2,1-2H3. The van der Waals surface area contributed by atoms with Crippen LogP contribution in [-0.2, 0) is 10.0 Å². The molecular formula is C23H26N4O3S. The SMILES string of the molecule is Cc1ccc(C)c(S(=O)(=O)N2CCCN(c3ccc(=O)n(-c4ccccc4)n3)CC2)c1. The van der Waals surface area contributed by atoms with Crippen molar-refractivity contribution in [3.05, 3.63) is 82.1 Å². The maximum atomic E-state index is 13.3. The van der Waals surface area contributed by atoms with Crippen molar-refractivity contribution >= 4 is 15.8 Å². The van der Waals surface area contributed by atoms with E-state index in [-0.39, 0.29) is 5.56 Å². The molecule has 1 fully saturated rings. The second-order valence-electron chi connectivity index (χ2n) is 7.79. The topological polar surface area (TPSA) is 75.5 Å². The Morgan fingerprint density at radius 3 is 2.42 bits per heavy atom. The molecule has 0 atom stereocenters. The van der Waals surface area contributed by atoms with Gasteiger partial charge in [-0.3, -0.25) is 4.79 Å². The quantitative estimate of drug-likeness (QED) is 0.626. The highest BCUT2D eigenvalue weighted by Crippen LogP contribution is 2.23. The zero-order valence-corrected chi connectivity index (χ0v) is 18.5. The van der Waals surface area contributed by atoms with Crippen LogP contribution in [0.1, 0.15) is 17.5 Å². The van der Waals surface area contributed by atoms with E-state index < -0.39 is 10.0 Å². The molecule has 1 aliphatic heterocycles. The summed E-state index contributed by atoms with van der Waals surface area (Å²) in [6.45, 7) is 5.71. The van der Waals surface area contributed by atoms with Crippen LogP contribution in [0.25, 0.3) is 5.69 Å². The van der Waals surface area contributed by atoms with Gasteiger partial charge in [-0.05, 0) is 55.7 Å². The molecule has 7 nitrogen and oxygen atoms in total. The van der Waals surface area contributed by atoms with Gasteiger partial charge in [0.25, 0.3) is 5.56 Å². The molecule has 2 heterocycles. The lowest BCUT2D eigenvalue weighted by molar-refractivity contribution is 0.432. The van der Waals surface area contributed by atoms with Crippen LogP contribution in [0.5, 0.6) is 0 Å². The van der Waals surface area contributed by atoms with Gasteiger partial charge in [-0.15, -0.1) is 5.10 Å². The van der Waals surface area contributed by atoms with E-state index in [2.05, 4.69) is 5.10 Å². The van der Waals surface area contributed by atoms with Crippen molar-refractivity contribution in [3.63, 3.8) is 0 Å². The summed E-state index contributed by atoms with van der Waals surface area (Å²) in [5, 5.41) is 4.54. The lowest BCUT2D eigenvalue weighted by Gasteiger charge is -2.23. The molecule has 162 valence electrons. The zero-order chi connectivity index (χ0) is 22.0. The zero-order valence-electron chi connectivity index (χ0n) is 17.7. The minimum Gasteiger partial charge on any atom is -0.354 e. The molecule has 0 spiro atoms. The molecule has 31 heavy (non-hydrogen) atoms. The first-order valence-corrected chi connectivity index (χ1v) is 11.8. The van der Waals surface area contributed by atoms with Gasteiger partial charge < -0.3 is 4.90 Å². The summed E-state index contributed by atoms with van der Waals surface area (Å²) in [4.78, 5) is 14.7. The number of nitrogens with zero attached hydrogens (tertiary/aromatic N) is 4. The Morgan fingerprint density at radius 1 is 0.871 bits per heavy atom. The van der Waals surface area contributed by atoms with Crippen LogP contribution < -0.4 is 10.5 Å². The average Bonchev–Trinajstić information content (AvgIpc) is 3.03. The molecule has 0 N–H and O–H groups in total. The van der Waals surface area contributed by atoms with Gasteiger partial charge in [-0.1, -0.05) is 30.3 Å². The lowest BCUT2D eigenvalue weighted by atomic mass is 10.2. The third-order valence-corrected chi connectivity index (χ3v) is 7.57. The van der Waals surface area contributed by atoms with Gasteiger partial charge in [0, 0.05) is 32.2 Å². The fourth-order valence-electron chi connectivity index (χ4n) is 3.81. The van der Waals surface area contributed by atoms with Gasteiger partial charge in [0.15, 0.2) is 0 Å². The largest absolute Gasteiger partial charge is 0.354 e. The van der Waals surface area contributed by atoms with E-state index >= 15 is 0 Å². The Balaban J connectivity index is 1.58. The Labute approximate surface area is 182 Å². The highest BCUT2D eigenvalue weighted by molar-refractivity contribution is 7.89. The van der Waals surface area contributed by atoms with Crippen LogP contribution in [-0.4, -0.2) is 48.7 Å². The Kier molecular flexibility index (Phi) is 5.93. The summed E-state index contributed by atoms with van der Waals surface area (Å²) in [5.74, 6) is 0.662. The van der Waals surface area contributed by atoms with E-state index in [0.717, 1.165) is 11.1 Å². The number of hydrogen-bond donors (Lipinski definition) is 0. The van der Waals surface area contributed by atoms with Gasteiger partial charge in [-0.25, -0.2) is 8.42 Å². The number of benzene rings is 2. The predicted molar refractivity (Wildman–Crippen MR) is 121 cm³/mol. The fourth-order valence-corrected chi connectivity index (χ4v) is 5.59. The second-order valence-corrected chi connectivity index (χ2v) is 9.70. The average molecular weight is 439 g/mol. The molecular weight excluding hydrogens is 412 g/mol. The highest BCUT2D eigenvalue weighted by Gasteiger charge is 2.28. The summed E-state index contributed by atoms with van der Waals surface area (Å²) in [7, 11) is -3.57. The fraction of sp³-hybridized carbons (Fsp3) is 0.304. The van der Waals surface area contributed by atoms with Gasteiger partial charge in [0.2, 0.25) is 10.0 Å². The number of aromatic nitrogens is 2. The molecule has 0 aliphatic carbocycles. The Hall–Kier alpha value is -2.97. The summed E-state index contributed by atoms with van der Waals surface area (Å²) < 4.78 is 29.5. The first-order valence-electron chi connectivity index (χ1n) is 10.3. The molecule has 4 rings (SSSR count). The third-order valence-electron chi connectivity index (χ3n) is 5.53. The first kappa shape index (κ1) is 21.3. The molecule has 0 amide bonds. The number of sulfonamides is 1. The monoisotopic (exact) mass is 438 g/mol. The molecule has 1 aliphatic rings. The van der Waals surface area contributed by atoms with E-state index in [4.69, 9.17) is 0 Å².